The number of benzene rings is 3. The molecule has 3 aromatic rings. The molecule has 0 spiro atoms. The summed E-state index contributed by atoms with van der Waals surface area (Å²) < 4.78 is 0. The van der Waals surface area contributed by atoms with E-state index in [0.717, 1.165) is 17.9 Å². The lowest BCUT2D eigenvalue weighted by Crippen LogP contribution is -2.22. The highest BCUT2D eigenvalue weighted by atomic mass is 35.5. The van der Waals surface area contributed by atoms with Crippen LogP contribution in [0.5, 0.6) is 0 Å². The van der Waals surface area contributed by atoms with Gasteiger partial charge < -0.3 is 9.80 Å². The average Bonchev–Trinajstić information content (AvgIpc) is 3.28. The number of nitrogens with zero attached hydrogens (tertiary/aromatic N) is 2. The van der Waals surface area contributed by atoms with Crippen molar-refractivity contribution in [2.45, 2.75) is 39.0 Å². The summed E-state index contributed by atoms with van der Waals surface area (Å²) in [5.41, 5.74) is 10.2. The van der Waals surface area contributed by atoms with E-state index in [1.807, 2.05) is 6.07 Å². The van der Waals surface area contributed by atoms with Crippen LogP contribution in [0, 0.1) is 0 Å². The fourth-order valence-corrected chi connectivity index (χ4v) is 5.55. The molecule has 34 heavy (non-hydrogen) atoms. The van der Waals surface area contributed by atoms with Crippen molar-refractivity contribution < 1.29 is 0 Å². The van der Waals surface area contributed by atoms with Crippen molar-refractivity contribution in [1.29, 1.82) is 0 Å². The van der Waals surface area contributed by atoms with Gasteiger partial charge in [-0.1, -0.05) is 67.9 Å². The van der Waals surface area contributed by atoms with Crippen molar-refractivity contribution in [3.63, 3.8) is 0 Å². The van der Waals surface area contributed by atoms with E-state index in [9.17, 15) is 0 Å². The van der Waals surface area contributed by atoms with Crippen LogP contribution < -0.4 is 9.80 Å². The van der Waals surface area contributed by atoms with Gasteiger partial charge in [-0.2, -0.15) is 0 Å². The normalized spacial score (nSPS) is 19.3. The Morgan fingerprint density at radius 2 is 1.47 bits per heavy atom. The Labute approximate surface area is 208 Å². The van der Waals surface area contributed by atoms with Crippen LogP contribution in [0.1, 0.15) is 39.2 Å². The third-order valence-electron chi connectivity index (χ3n) is 7.17. The molecule has 0 amide bonds. The van der Waals surface area contributed by atoms with Gasteiger partial charge in [-0.15, -0.1) is 0 Å². The van der Waals surface area contributed by atoms with E-state index in [-0.39, 0.29) is 5.41 Å². The molecule has 0 atom stereocenters. The lowest BCUT2D eigenvalue weighted by Gasteiger charge is -2.28. The zero-order valence-electron chi connectivity index (χ0n) is 20.3. The van der Waals surface area contributed by atoms with Crippen LogP contribution in [-0.4, -0.2) is 7.05 Å². The smallest absolute Gasteiger partial charge is 0.0483 e. The maximum Gasteiger partial charge on any atom is 0.0483 e. The van der Waals surface area contributed by atoms with E-state index in [4.69, 9.17) is 11.6 Å². The molecule has 1 heterocycles. The summed E-state index contributed by atoms with van der Waals surface area (Å²) >= 11 is 6.35. The molecule has 3 heteroatoms. The number of likely N-dealkylation sites (N-methyl/N-ethyl adjacent to an activating group) is 1. The number of rotatable bonds is 4. The van der Waals surface area contributed by atoms with Gasteiger partial charge in [0.05, 0.1) is 0 Å². The minimum atomic E-state index is -0.109. The highest BCUT2D eigenvalue weighted by molar-refractivity contribution is 6.30. The number of halogens is 1. The standard InChI is InChI=1S/C31H31ClN2/c1-22-15-16-23(17-20-29-31(2,3)27-21-24(32)18-19-28(27)33(29)4)30(22)34(25-11-7-5-8-12-25)26-13-9-6-10-14-26/h5-14,17-21H,15-16H2,1-4H3/b23-17+,29-20+. The van der Waals surface area contributed by atoms with Crippen molar-refractivity contribution in [2.75, 3.05) is 16.8 Å². The number of anilines is 3. The maximum atomic E-state index is 6.35. The van der Waals surface area contributed by atoms with Gasteiger partial charge in [0.25, 0.3) is 0 Å². The Hall–Kier alpha value is -3.23. The first-order valence-corrected chi connectivity index (χ1v) is 12.3. The molecule has 2 nitrogen and oxygen atoms in total. The Bertz CT molecular complexity index is 1260. The fourth-order valence-electron chi connectivity index (χ4n) is 5.38. The van der Waals surface area contributed by atoms with Gasteiger partial charge >= 0.3 is 0 Å². The molecule has 0 radical (unpaired) electrons. The van der Waals surface area contributed by atoms with Gasteiger partial charge in [-0.3, -0.25) is 0 Å². The van der Waals surface area contributed by atoms with Crippen molar-refractivity contribution in [3.8, 4) is 0 Å². The average molecular weight is 467 g/mol. The summed E-state index contributed by atoms with van der Waals surface area (Å²) in [5.74, 6) is 0. The van der Waals surface area contributed by atoms with Crippen LogP contribution >= 0.6 is 11.6 Å². The molecule has 0 unspecified atom stereocenters. The van der Waals surface area contributed by atoms with Crippen molar-refractivity contribution in [3.05, 3.63) is 124 Å². The lowest BCUT2D eigenvalue weighted by molar-refractivity contribution is 0.640. The third kappa shape index (κ3) is 3.86. The molecule has 0 bridgehead atoms. The van der Waals surface area contributed by atoms with Crippen LogP contribution in [-0.2, 0) is 5.41 Å². The topological polar surface area (TPSA) is 6.48 Å². The lowest BCUT2D eigenvalue weighted by atomic mass is 9.83. The van der Waals surface area contributed by atoms with E-state index in [1.165, 1.54) is 45.2 Å². The van der Waals surface area contributed by atoms with E-state index in [1.54, 1.807) is 0 Å². The SMILES string of the molecule is CC1=C(N(c2ccccc2)c2ccccc2)/C(=C/C=C2/N(C)c3ccc(Cl)cc3C2(C)C)CC1. The van der Waals surface area contributed by atoms with Crippen molar-refractivity contribution in [1.82, 2.24) is 0 Å². The Balaban J connectivity index is 1.58. The monoisotopic (exact) mass is 466 g/mol. The number of fused-ring (bicyclic) bond motifs is 1. The zero-order valence-corrected chi connectivity index (χ0v) is 21.1. The summed E-state index contributed by atoms with van der Waals surface area (Å²) in [6.45, 7) is 6.84. The quantitative estimate of drug-likeness (QED) is 0.379. The molecule has 0 N–H and O–H groups in total. The molecule has 3 aromatic carbocycles. The van der Waals surface area contributed by atoms with E-state index in [0.29, 0.717) is 0 Å². The number of hydrogen-bond acceptors (Lipinski definition) is 2. The first-order chi connectivity index (χ1) is 16.4. The van der Waals surface area contributed by atoms with Gasteiger partial charge in [0.15, 0.2) is 0 Å². The van der Waals surface area contributed by atoms with Gasteiger partial charge in [0.2, 0.25) is 0 Å². The Morgan fingerprint density at radius 1 is 0.853 bits per heavy atom. The van der Waals surface area contributed by atoms with Gasteiger partial charge in [0.1, 0.15) is 0 Å². The highest BCUT2D eigenvalue weighted by Crippen LogP contribution is 2.48. The second kappa shape index (κ2) is 8.85. The number of hydrogen-bond donors (Lipinski definition) is 0. The maximum absolute atomic E-state index is 6.35. The first-order valence-electron chi connectivity index (χ1n) is 11.9. The van der Waals surface area contributed by atoms with E-state index >= 15 is 0 Å². The largest absolute Gasteiger partial charge is 0.347 e. The molecule has 0 fully saturated rings. The zero-order chi connectivity index (χ0) is 23.9. The molecule has 2 aliphatic rings. The second-order valence-electron chi connectivity index (χ2n) is 9.72. The predicted octanol–water partition coefficient (Wildman–Crippen LogP) is 8.78. The second-order valence-corrected chi connectivity index (χ2v) is 10.2. The first kappa shape index (κ1) is 22.6. The Kier molecular flexibility index (Phi) is 5.87. The minimum Gasteiger partial charge on any atom is -0.347 e. The minimum absolute atomic E-state index is 0.109. The molecular weight excluding hydrogens is 436 g/mol. The van der Waals surface area contributed by atoms with Gasteiger partial charge in [0, 0.05) is 45.9 Å². The van der Waals surface area contributed by atoms with E-state index < -0.39 is 0 Å². The highest BCUT2D eigenvalue weighted by Gasteiger charge is 2.38. The predicted molar refractivity (Wildman–Crippen MR) is 146 cm³/mol. The molecule has 0 aromatic heterocycles. The summed E-state index contributed by atoms with van der Waals surface area (Å²) in [6.07, 6.45) is 6.78. The van der Waals surface area contributed by atoms with E-state index in [2.05, 4.69) is 123 Å². The molecule has 5 rings (SSSR count). The van der Waals surface area contributed by atoms with Crippen LogP contribution in [0.3, 0.4) is 0 Å². The third-order valence-corrected chi connectivity index (χ3v) is 7.40. The van der Waals surface area contributed by atoms with Gasteiger partial charge in [-0.05, 0) is 85.0 Å². The molecule has 0 saturated carbocycles. The summed E-state index contributed by atoms with van der Waals surface area (Å²) in [4.78, 5) is 4.71. The summed E-state index contributed by atoms with van der Waals surface area (Å²) in [6, 6.07) is 27.6. The molecule has 1 aliphatic carbocycles. The number of allylic oxidation sites excluding steroid dienone is 5. The van der Waals surface area contributed by atoms with Crippen LogP contribution in [0.2, 0.25) is 5.02 Å². The Morgan fingerprint density at radius 3 is 2.09 bits per heavy atom. The number of para-hydroxylation sites is 2. The summed E-state index contributed by atoms with van der Waals surface area (Å²) in [7, 11) is 2.16. The van der Waals surface area contributed by atoms with Crippen LogP contribution in [0.4, 0.5) is 17.1 Å². The summed E-state index contributed by atoms with van der Waals surface area (Å²) in [5, 5.41) is 0.790. The molecule has 1 aliphatic heterocycles. The molecule has 0 saturated heterocycles. The van der Waals surface area contributed by atoms with Crippen LogP contribution in [0.25, 0.3) is 0 Å². The molecular formula is C31H31ClN2. The molecule has 172 valence electrons. The fraction of sp³-hybridized carbons (Fsp3) is 0.226. The van der Waals surface area contributed by atoms with Crippen molar-refractivity contribution in [2.24, 2.45) is 0 Å². The van der Waals surface area contributed by atoms with Crippen LogP contribution in [0.15, 0.2) is 114 Å². The van der Waals surface area contributed by atoms with Gasteiger partial charge in [-0.25, -0.2) is 0 Å². The van der Waals surface area contributed by atoms with Crippen molar-refractivity contribution >= 4 is 28.7 Å².